The molecule has 0 aromatic heterocycles. The molecule has 0 radical (unpaired) electrons. The van der Waals surface area contributed by atoms with Gasteiger partial charge in [0.1, 0.15) is 5.78 Å². The van der Waals surface area contributed by atoms with Gasteiger partial charge in [-0.25, -0.2) is 0 Å². The average Bonchev–Trinajstić information content (AvgIpc) is 2.66. The van der Waals surface area contributed by atoms with E-state index in [1.54, 1.807) is 6.92 Å². The maximum atomic E-state index is 11.3. The van der Waals surface area contributed by atoms with Crippen LogP contribution in [0.4, 0.5) is 0 Å². The lowest BCUT2D eigenvalue weighted by Gasteiger charge is -2.20. The smallest absolute Gasteiger partial charge is 0.160 e. The topological polar surface area (TPSA) is 52.6 Å². The van der Waals surface area contributed by atoms with E-state index in [9.17, 15) is 9.59 Å². The Kier molecular flexibility index (Phi) is 5.23. The van der Waals surface area contributed by atoms with E-state index in [1.807, 2.05) is 13.8 Å². The fourth-order valence-electron chi connectivity index (χ4n) is 2.07. The second kappa shape index (κ2) is 6.25. The van der Waals surface area contributed by atoms with Crippen LogP contribution in [0.25, 0.3) is 0 Å². The molecule has 0 aromatic rings. The van der Waals surface area contributed by atoms with Gasteiger partial charge in [-0.15, -0.1) is 0 Å². The number of carbonyl (C=O) groups excluding carboxylic acids is 2. The summed E-state index contributed by atoms with van der Waals surface area (Å²) in [5.41, 5.74) is 0.559. The van der Waals surface area contributed by atoms with Crippen molar-refractivity contribution in [1.82, 2.24) is 0 Å². The fourth-order valence-corrected chi connectivity index (χ4v) is 2.07. The maximum Gasteiger partial charge on any atom is 0.160 e. The number of ketones is 2. The Labute approximate surface area is 108 Å². The zero-order valence-electron chi connectivity index (χ0n) is 11.6. The second-order valence-electron chi connectivity index (χ2n) is 5.09. The summed E-state index contributed by atoms with van der Waals surface area (Å²) in [4.78, 5) is 22.5. The lowest BCUT2D eigenvalue weighted by molar-refractivity contribution is -0.135. The van der Waals surface area contributed by atoms with E-state index < -0.39 is 0 Å². The first kappa shape index (κ1) is 15.1. The zero-order chi connectivity index (χ0) is 13.9. The average molecular weight is 254 g/mol. The van der Waals surface area contributed by atoms with Crippen molar-refractivity contribution >= 4 is 11.6 Å². The molecule has 0 amide bonds. The maximum absolute atomic E-state index is 11.3. The third kappa shape index (κ3) is 3.50. The van der Waals surface area contributed by atoms with Gasteiger partial charge in [0.15, 0.2) is 12.1 Å². The zero-order valence-corrected chi connectivity index (χ0v) is 11.6. The van der Waals surface area contributed by atoms with Crippen LogP contribution in [-0.2, 0) is 19.1 Å². The highest BCUT2D eigenvalue weighted by Crippen LogP contribution is 2.28. The lowest BCUT2D eigenvalue weighted by atomic mass is 9.93. The van der Waals surface area contributed by atoms with Crippen LogP contribution < -0.4 is 0 Å². The van der Waals surface area contributed by atoms with Gasteiger partial charge >= 0.3 is 0 Å². The Balaban J connectivity index is 2.43. The minimum Gasteiger partial charge on any atom is -0.352 e. The molecule has 1 aliphatic rings. The van der Waals surface area contributed by atoms with Gasteiger partial charge < -0.3 is 9.47 Å². The van der Waals surface area contributed by atoms with E-state index in [0.717, 1.165) is 0 Å². The molecule has 0 saturated carbocycles. The summed E-state index contributed by atoms with van der Waals surface area (Å²) in [5.74, 6) is 0.0548. The lowest BCUT2D eigenvalue weighted by Crippen LogP contribution is -2.26. The summed E-state index contributed by atoms with van der Waals surface area (Å²) in [6.07, 6.45) is -0.360. The minimum absolute atomic E-state index is 0.0203. The second-order valence-corrected chi connectivity index (χ2v) is 5.09. The summed E-state index contributed by atoms with van der Waals surface area (Å²) in [7, 11) is 0. The number of carbonyl (C=O) groups is 2. The van der Waals surface area contributed by atoms with Gasteiger partial charge in [-0.3, -0.25) is 9.59 Å². The van der Waals surface area contributed by atoms with Crippen molar-refractivity contribution in [3.63, 3.8) is 0 Å². The van der Waals surface area contributed by atoms with Gasteiger partial charge in [-0.2, -0.15) is 0 Å². The summed E-state index contributed by atoms with van der Waals surface area (Å²) in [6.45, 7) is 11.5. The molecule has 1 fully saturated rings. The van der Waals surface area contributed by atoms with Crippen molar-refractivity contribution in [2.24, 2.45) is 17.8 Å². The molecular weight excluding hydrogens is 232 g/mol. The highest BCUT2D eigenvalue weighted by Gasteiger charge is 2.37. The van der Waals surface area contributed by atoms with Gasteiger partial charge in [0, 0.05) is 17.8 Å². The summed E-state index contributed by atoms with van der Waals surface area (Å²) in [6, 6.07) is 0. The molecule has 0 bridgehead atoms. The summed E-state index contributed by atoms with van der Waals surface area (Å²) < 4.78 is 11.1. The third-order valence-corrected chi connectivity index (χ3v) is 3.58. The van der Waals surface area contributed by atoms with Crippen LogP contribution in [0.15, 0.2) is 12.2 Å². The number of Topliss-reactive ketones (excluding diaryl/α,β-unsaturated/α-hetero) is 2. The van der Waals surface area contributed by atoms with E-state index in [4.69, 9.17) is 9.47 Å². The standard InChI is InChI=1S/C14H22O4/c1-8(9(2)11(4)15)6-17-14-10(3)13(7-18-14)12(5)16/h8,10,13-14H,2,6-7H2,1,3-5H3/t8-,10+,13+,14+/m0/s1. The monoisotopic (exact) mass is 254 g/mol. The van der Waals surface area contributed by atoms with Crippen LogP contribution in [0.3, 0.4) is 0 Å². The first-order chi connectivity index (χ1) is 8.34. The molecular formula is C14H22O4. The van der Waals surface area contributed by atoms with Gasteiger partial charge in [0.25, 0.3) is 0 Å². The van der Waals surface area contributed by atoms with E-state index in [2.05, 4.69) is 6.58 Å². The SMILES string of the molecule is C=C(C(C)=O)[C@@H](C)CO[C@@H]1OC[C@@H](C(C)=O)[C@H]1C. The van der Waals surface area contributed by atoms with Gasteiger partial charge in [0.2, 0.25) is 0 Å². The molecule has 1 heterocycles. The van der Waals surface area contributed by atoms with Crippen LogP contribution in [0.5, 0.6) is 0 Å². The van der Waals surface area contributed by atoms with Crippen molar-refractivity contribution in [2.45, 2.75) is 34.0 Å². The molecule has 1 aliphatic heterocycles. The molecule has 18 heavy (non-hydrogen) atoms. The van der Waals surface area contributed by atoms with Crippen molar-refractivity contribution in [1.29, 1.82) is 0 Å². The Morgan fingerprint density at radius 3 is 2.50 bits per heavy atom. The number of ether oxygens (including phenoxy) is 2. The molecule has 4 atom stereocenters. The number of hydrogen-bond donors (Lipinski definition) is 0. The highest BCUT2D eigenvalue weighted by atomic mass is 16.7. The Hall–Kier alpha value is -1.00. The van der Waals surface area contributed by atoms with Crippen molar-refractivity contribution in [3.8, 4) is 0 Å². The van der Waals surface area contributed by atoms with Crippen LogP contribution in [0.2, 0.25) is 0 Å². The molecule has 0 unspecified atom stereocenters. The van der Waals surface area contributed by atoms with E-state index in [1.165, 1.54) is 6.92 Å². The predicted molar refractivity (Wildman–Crippen MR) is 68.0 cm³/mol. The normalized spacial score (nSPS) is 29.0. The Morgan fingerprint density at radius 2 is 2.06 bits per heavy atom. The van der Waals surface area contributed by atoms with Gasteiger partial charge in [0.05, 0.1) is 13.2 Å². The van der Waals surface area contributed by atoms with Crippen LogP contribution in [0.1, 0.15) is 27.7 Å². The predicted octanol–water partition coefficient (Wildman–Crippen LogP) is 1.98. The van der Waals surface area contributed by atoms with E-state index >= 15 is 0 Å². The van der Waals surface area contributed by atoms with E-state index in [0.29, 0.717) is 18.8 Å². The van der Waals surface area contributed by atoms with Crippen molar-refractivity contribution in [2.75, 3.05) is 13.2 Å². The summed E-state index contributed by atoms with van der Waals surface area (Å²) in [5, 5.41) is 0. The molecule has 4 heteroatoms. The first-order valence-electron chi connectivity index (χ1n) is 6.28. The highest BCUT2D eigenvalue weighted by molar-refractivity contribution is 5.93. The van der Waals surface area contributed by atoms with Crippen molar-refractivity contribution < 1.29 is 19.1 Å². The number of hydrogen-bond acceptors (Lipinski definition) is 4. The molecule has 1 saturated heterocycles. The summed E-state index contributed by atoms with van der Waals surface area (Å²) >= 11 is 0. The largest absolute Gasteiger partial charge is 0.352 e. The minimum atomic E-state index is -0.360. The molecule has 0 N–H and O–H groups in total. The van der Waals surface area contributed by atoms with Crippen LogP contribution >= 0.6 is 0 Å². The van der Waals surface area contributed by atoms with Gasteiger partial charge in [-0.05, 0) is 19.4 Å². The fraction of sp³-hybridized carbons (Fsp3) is 0.714. The van der Waals surface area contributed by atoms with Crippen molar-refractivity contribution in [3.05, 3.63) is 12.2 Å². The van der Waals surface area contributed by atoms with Gasteiger partial charge in [-0.1, -0.05) is 20.4 Å². The molecule has 4 nitrogen and oxygen atoms in total. The molecule has 0 spiro atoms. The first-order valence-corrected chi connectivity index (χ1v) is 6.28. The van der Waals surface area contributed by atoms with Crippen LogP contribution in [-0.4, -0.2) is 31.1 Å². The molecule has 0 aromatic carbocycles. The van der Waals surface area contributed by atoms with Crippen LogP contribution in [0, 0.1) is 17.8 Å². The molecule has 102 valence electrons. The quantitative estimate of drug-likeness (QED) is 0.680. The third-order valence-electron chi connectivity index (χ3n) is 3.58. The molecule has 1 rings (SSSR count). The molecule has 0 aliphatic carbocycles. The Bertz CT molecular complexity index is 348. The number of rotatable bonds is 6. The Morgan fingerprint density at radius 1 is 1.44 bits per heavy atom. The van der Waals surface area contributed by atoms with E-state index in [-0.39, 0.29) is 35.6 Å².